The number of carbonyl (C=O) groups excluding carboxylic acids is 1. The van der Waals surface area contributed by atoms with Crippen molar-refractivity contribution in [2.75, 3.05) is 11.1 Å². The van der Waals surface area contributed by atoms with E-state index in [4.69, 9.17) is 0 Å². The van der Waals surface area contributed by atoms with Crippen LogP contribution in [0.4, 0.5) is 5.69 Å². The van der Waals surface area contributed by atoms with Crippen molar-refractivity contribution in [1.82, 2.24) is 4.98 Å². The molecule has 106 valence electrons. The third kappa shape index (κ3) is 3.11. The fourth-order valence-corrected chi connectivity index (χ4v) is 3.04. The highest BCUT2D eigenvalue weighted by Crippen LogP contribution is 2.27. The van der Waals surface area contributed by atoms with E-state index in [-0.39, 0.29) is 5.91 Å². The van der Waals surface area contributed by atoms with Gasteiger partial charge in [-0.15, -0.1) is 11.8 Å². The Labute approximate surface area is 127 Å². The summed E-state index contributed by atoms with van der Waals surface area (Å²) in [4.78, 5) is 16.4. The van der Waals surface area contributed by atoms with Crippen LogP contribution in [0.15, 0.2) is 59.6 Å². The molecule has 0 atom stereocenters. The molecule has 3 aromatic rings. The fraction of sp³-hybridized carbons (Fsp3) is 0.118. The molecule has 1 heterocycles. The topological polar surface area (TPSA) is 44.9 Å². The number of hydrogen-bond acceptors (Lipinski definition) is 2. The third-order valence-electron chi connectivity index (χ3n) is 3.33. The van der Waals surface area contributed by atoms with E-state index in [1.165, 1.54) is 0 Å². The van der Waals surface area contributed by atoms with Gasteiger partial charge in [0.05, 0.1) is 5.75 Å². The molecule has 0 saturated heterocycles. The summed E-state index contributed by atoms with van der Waals surface area (Å²) in [5.41, 5.74) is 3.05. The van der Waals surface area contributed by atoms with Crippen LogP contribution in [0.25, 0.3) is 10.9 Å². The molecule has 0 saturated carbocycles. The van der Waals surface area contributed by atoms with Crippen LogP contribution < -0.4 is 5.32 Å². The predicted octanol–water partition coefficient (Wildman–Crippen LogP) is 4.21. The molecule has 0 spiro atoms. The lowest BCUT2D eigenvalue weighted by atomic mass is 10.2. The number of hydrogen-bond donors (Lipinski definition) is 2. The van der Waals surface area contributed by atoms with Gasteiger partial charge >= 0.3 is 0 Å². The maximum Gasteiger partial charge on any atom is 0.234 e. The SMILES string of the molecule is Cc1ccccc1NC(=O)CSc1c[nH]c2ccccc12. The van der Waals surface area contributed by atoms with Crippen LogP contribution in [0.1, 0.15) is 5.56 Å². The van der Waals surface area contributed by atoms with Crippen LogP contribution in [-0.4, -0.2) is 16.6 Å². The van der Waals surface area contributed by atoms with Gasteiger partial charge in [-0.25, -0.2) is 0 Å². The number of thioether (sulfide) groups is 1. The molecule has 0 aliphatic heterocycles. The highest BCUT2D eigenvalue weighted by molar-refractivity contribution is 8.00. The Hall–Kier alpha value is -2.20. The zero-order chi connectivity index (χ0) is 14.7. The number of nitrogens with one attached hydrogen (secondary N) is 2. The molecule has 4 heteroatoms. The highest BCUT2D eigenvalue weighted by atomic mass is 32.2. The maximum atomic E-state index is 12.1. The van der Waals surface area contributed by atoms with E-state index in [2.05, 4.69) is 16.4 Å². The van der Waals surface area contributed by atoms with E-state index < -0.39 is 0 Å². The van der Waals surface area contributed by atoms with Crippen molar-refractivity contribution in [2.24, 2.45) is 0 Å². The summed E-state index contributed by atoms with van der Waals surface area (Å²) >= 11 is 1.55. The number of para-hydroxylation sites is 2. The molecular weight excluding hydrogens is 280 g/mol. The second-order valence-electron chi connectivity index (χ2n) is 4.85. The number of carbonyl (C=O) groups is 1. The molecule has 3 nitrogen and oxygen atoms in total. The molecule has 3 rings (SSSR count). The molecule has 2 aromatic carbocycles. The van der Waals surface area contributed by atoms with Gasteiger partial charge in [-0.2, -0.15) is 0 Å². The van der Waals surface area contributed by atoms with Crippen molar-refractivity contribution in [3.05, 3.63) is 60.3 Å². The number of aromatic nitrogens is 1. The van der Waals surface area contributed by atoms with Crippen molar-refractivity contribution in [3.8, 4) is 0 Å². The number of amides is 1. The largest absolute Gasteiger partial charge is 0.360 e. The predicted molar refractivity (Wildman–Crippen MR) is 88.8 cm³/mol. The van der Waals surface area contributed by atoms with Crippen LogP contribution in [0, 0.1) is 6.92 Å². The number of fused-ring (bicyclic) bond motifs is 1. The standard InChI is InChI=1S/C17H16N2OS/c1-12-6-2-4-8-14(12)19-17(20)11-21-16-10-18-15-9-5-3-7-13(15)16/h2-10,18H,11H2,1H3,(H,19,20). The van der Waals surface area contributed by atoms with Gasteiger partial charge in [0.1, 0.15) is 0 Å². The molecule has 0 unspecified atom stereocenters. The number of H-pyrrole nitrogens is 1. The molecule has 21 heavy (non-hydrogen) atoms. The van der Waals surface area contributed by atoms with Crippen LogP contribution in [0.5, 0.6) is 0 Å². The summed E-state index contributed by atoms with van der Waals surface area (Å²) < 4.78 is 0. The zero-order valence-corrected chi connectivity index (χ0v) is 12.5. The van der Waals surface area contributed by atoms with Crippen LogP contribution >= 0.6 is 11.8 Å². The van der Waals surface area contributed by atoms with Gasteiger partial charge in [0.15, 0.2) is 0 Å². The van der Waals surface area contributed by atoms with Gasteiger partial charge in [-0.05, 0) is 24.6 Å². The molecule has 0 aliphatic rings. The summed E-state index contributed by atoms with van der Waals surface area (Å²) in [5.74, 6) is 0.412. The van der Waals surface area contributed by atoms with E-state index in [9.17, 15) is 4.79 Å². The minimum atomic E-state index is 0.0135. The van der Waals surface area contributed by atoms with Gasteiger partial charge in [-0.3, -0.25) is 4.79 Å². The first-order valence-electron chi connectivity index (χ1n) is 6.78. The highest BCUT2D eigenvalue weighted by Gasteiger charge is 2.08. The smallest absolute Gasteiger partial charge is 0.234 e. The Morgan fingerprint density at radius 3 is 2.76 bits per heavy atom. The maximum absolute atomic E-state index is 12.1. The summed E-state index contributed by atoms with van der Waals surface area (Å²) in [6.07, 6.45) is 1.95. The molecule has 2 N–H and O–H groups in total. The van der Waals surface area contributed by atoms with Crippen molar-refractivity contribution in [3.63, 3.8) is 0 Å². The van der Waals surface area contributed by atoms with Crippen LogP contribution in [-0.2, 0) is 4.79 Å². The summed E-state index contributed by atoms with van der Waals surface area (Å²) in [6.45, 7) is 1.99. The first-order chi connectivity index (χ1) is 10.2. The second kappa shape index (κ2) is 6.06. The third-order valence-corrected chi connectivity index (χ3v) is 4.38. The van der Waals surface area contributed by atoms with Gasteiger partial charge in [0.2, 0.25) is 5.91 Å². The van der Waals surface area contributed by atoms with Gasteiger partial charge in [-0.1, -0.05) is 36.4 Å². The van der Waals surface area contributed by atoms with Gasteiger partial charge in [0.25, 0.3) is 0 Å². The number of aromatic amines is 1. The second-order valence-corrected chi connectivity index (χ2v) is 5.87. The summed E-state index contributed by atoms with van der Waals surface area (Å²) in [6, 6.07) is 15.9. The van der Waals surface area contributed by atoms with Crippen molar-refractivity contribution in [1.29, 1.82) is 0 Å². The quantitative estimate of drug-likeness (QED) is 0.708. The molecule has 0 aliphatic carbocycles. The van der Waals surface area contributed by atoms with E-state index in [1.807, 2.05) is 55.6 Å². The molecule has 0 bridgehead atoms. The Morgan fingerprint density at radius 2 is 1.90 bits per heavy atom. The van der Waals surface area contributed by atoms with E-state index in [0.29, 0.717) is 5.75 Å². The van der Waals surface area contributed by atoms with Crippen molar-refractivity contribution >= 4 is 34.3 Å². The number of benzene rings is 2. The number of anilines is 1. The average Bonchev–Trinajstić information content (AvgIpc) is 2.91. The van der Waals surface area contributed by atoms with Gasteiger partial charge in [0, 0.05) is 27.7 Å². The molecule has 0 fully saturated rings. The molecule has 1 aromatic heterocycles. The zero-order valence-electron chi connectivity index (χ0n) is 11.7. The van der Waals surface area contributed by atoms with E-state index in [1.54, 1.807) is 11.8 Å². The van der Waals surface area contributed by atoms with Crippen molar-refractivity contribution < 1.29 is 4.79 Å². The summed E-state index contributed by atoms with van der Waals surface area (Å²) in [7, 11) is 0. The number of rotatable bonds is 4. The first kappa shape index (κ1) is 13.8. The van der Waals surface area contributed by atoms with Crippen LogP contribution in [0.2, 0.25) is 0 Å². The Kier molecular flexibility index (Phi) is 3.97. The lowest BCUT2D eigenvalue weighted by Gasteiger charge is -2.07. The van der Waals surface area contributed by atoms with Gasteiger partial charge < -0.3 is 10.3 Å². The lowest BCUT2D eigenvalue weighted by Crippen LogP contribution is -2.14. The molecular formula is C17H16N2OS. The molecule has 1 amide bonds. The normalized spacial score (nSPS) is 10.7. The Bertz CT molecular complexity index is 779. The lowest BCUT2D eigenvalue weighted by molar-refractivity contribution is -0.113. The minimum absolute atomic E-state index is 0.0135. The van der Waals surface area contributed by atoms with E-state index in [0.717, 1.165) is 27.0 Å². The van der Waals surface area contributed by atoms with Crippen LogP contribution in [0.3, 0.4) is 0 Å². The average molecular weight is 296 g/mol. The monoisotopic (exact) mass is 296 g/mol. The fourth-order valence-electron chi connectivity index (χ4n) is 2.21. The van der Waals surface area contributed by atoms with E-state index >= 15 is 0 Å². The Balaban J connectivity index is 1.65. The molecule has 0 radical (unpaired) electrons. The van der Waals surface area contributed by atoms with Crippen molar-refractivity contribution in [2.45, 2.75) is 11.8 Å². The summed E-state index contributed by atoms with van der Waals surface area (Å²) in [5, 5.41) is 4.11. The Morgan fingerprint density at radius 1 is 1.14 bits per heavy atom. The minimum Gasteiger partial charge on any atom is -0.360 e. The number of aryl methyl sites for hydroxylation is 1. The first-order valence-corrected chi connectivity index (χ1v) is 7.77.